The fourth-order valence-electron chi connectivity index (χ4n) is 1.13. The van der Waals surface area contributed by atoms with Crippen LogP contribution in [0.1, 0.15) is 5.56 Å². The van der Waals surface area contributed by atoms with E-state index in [-0.39, 0.29) is 24.0 Å². The van der Waals surface area contributed by atoms with Crippen LogP contribution in [0.4, 0.5) is 4.39 Å². The van der Waals surface area contributed by atoms with Crippen LogP contribution in [0.15, 0.2) is 18.2 Å². The Morgan fingerprint density at radius 2 is 2.27 bits per heavy atom. The number of amides is 1. The van der Waals surface area contributed by atoms with Crippen molar-refractivity contribution in [1.82, 2.24) is 4.90 Å². The maximum atomic E-state index is 13.3. The number of hydrogen-bond donors (Lipinski definition) is 1. The molecule has 0 heterocycles. The van der Waals surface area contributed by atoms with Gasteiger partial charge in [-0.05, 0) is 18.2 Å². The first-order valence-corrected chi connectivity index (χ1v) is 5.34. The number of rotatable bonds is 3. The van der Waals surface area contributed by atoms with E-state index < -0.39 is 0 Å². The molecule has 15 heavy (non-hydrogen) atoms. The van der Waals surface area contributed by atoms with E-state index in [9.17, 15) is 9.18 Å². The van der Waals surface area contributed by atoms with Crippen LogP contribution in [0.2, 0.25) is 5.02 Å². The molecule has 0 saturated carbocycles. The minimum atomic E-state index is -0.363. The van der Waals surface area contributed by atoms with Crippen LogP contribution < -0.4 is 0 Å². The molecule has 0 N–H and O–H groups in total. The summed E-state index contributed by atoms with van der Waals surface area (Å²) in [7, 11) is 1.60. The highest BCUT2D eigenvalue weighted by Crippen LogP contribution is 2.16. The lowest BCUT2D eigenvalue weighted by Crippen LogP contribution is -2.27. The second-order valence-electron chi connectivity index (χ2n) is 3.14. The molecule has 82 valence electrons. The summed E-state index contributed by atoms with van der Waals surface area (Å²) in [4.78, 5) is 12.6. The van der Waals surface area contributed by atoms with Crippen LogP contribution in [0.25, 0.3) is 0 Å². The first-order valence-electron chi connectivity index (χ1n) is 4.33. The standard InChI is InChI=1S/C10H11ClFNOS/c1-13(10(14)6-15)5-7-4-8(11)2-3-9(7)12/h2-4,15H,5-6H2,1H3. The highest BCUT2D eigenvalue weighted by Gasteiger charge is 2.10. The number of benzene rings is 1. The number of hydrogen-bond acceptors (Lipinski definition) is 2. The first kappa shape index (κ1) is 12.3. The average Bonchev–Trinajstić information content (AvgIpc) is 2.22. The number of halogens is 2. The lowest BCUT2D eigenvalue weighted by atomic mass is 10.2. The van der Waals surface area contributed by atoms with Crippen LogP contribution in [-0.2, 0) is 11.3 Å². The largest absolute Gasteiger partial charge is 0.341 e. The van der Waals surface area contributed by atoms with Gasteiger partial charge in [0.2, 0.25) is 5.91 Å². The van der Waals surface area contributed by atoms with Gasteiger partial charge in [-0.3, -0.25) is 4.79 Å². The van der Waals surface area contributed by atoms with Crippen LogP contribution >= 0.6 is 24.2 Å². The van der Waals surface area contributed by atoms with Crippen molar-refractivity contribution in [1.29, 1.82) is 0 Å². The van der Waals surface area contributed by atoms with Gasteiger partial charge in [-0.2, -0.15) is 12.6 Å². The van der Waals surface area contributed by atoms with Gasteiger partial charge in [0.15, 0.2) is 0 Å². The van der Waals surface area contributed by atoms with Gasteiger partial charge < -0.3 is 4.90 Å². The maximum absolute atomic E-state index is 13.3. The van der Waals surface area contributed by atoms with Gasteiger partial charge in [-0.15, -0.1) is 0 Å². The zero-order valence-corrected chi connectivity index (χ0v) is 9.86. The van der Waals surface area contributed by atoms with Gasteiger partial charge in [-0.1, -0.05) is 11.6 Å². The predicted octanol–water partition coefficient (Wildman–Crippen LogP) is 2.37. The van der Waals surface area contributed by atoms with Crippen molar-refractivity contribution in [2.24, 2.45) is 0 Å². The molecule has 1 aromatic rings. The molecule has 0 atom stereocenters. The van der Waals surface area contributed by atoms with Crippen LogP contribution in [0.5, 0.6) is 0 Å². The Hall–Kier alpha value is -0.740. The van der Waals surface area contributed by atoms with Crippen molar-refractivity contribution in [3.05, 3.63) is 34.6 Å². The van der Waals surface area contributed by atoms with Crippen molar-refractivity contribution < 1.29 is 9.18 Å². The Balaban J connectivity index is 2.80. The molecule has 2 nitrogen and oxygen atoms in total. The summed E-state index contributed by atoms with van der Waals surface area (Å²) in [5, 5.41) is 0.457. The van der Waals surface area contributed by atoms with E-state index in [0.717, 1.165) is 0 Å². The van der Waals surface area contributed by atoms with Crippen molar-refractivity contribution in [2.45, 2.75) is 6.54 Å². The highest BCUT2D eigenvalue weighted by atomic mass is 35.5. The number of thiol groups is 1. The topological polar surface area (TPSA) is 20.3 Å². The summed E-state index contributed by atoms with van der Waals surface area (Å²) in [6.07, 6.45) is 0. The molecule has 0 aliphatic heterocycles. The Bertz CT molecular complexity index is 372. The van der Waals surface area contributed by atoms with Crippen LogP contribution in [-0.4, -0.2) is 23.6 Å². The highest BCUT2D eigenvalue weighted by molar-refractivity contribution is 7.81. The molecule has 1 aromatic carbocycles. The minimum absolute atomic E-state index is 0.110. The molecule has 0 bridgehead atoms. The maximum Gasteiger partial charge on any atom is 0.232 e. The molecule has 0 saturated heterocycles. The monoisotopic (exact) mass is 247 g/mol. The van der Waals surface area contributed by atoms with E-state index in [1.165, 1.54) is 23.1 Å². The molecule has 0 aromatic heterocycles. The summed E-state index contributed by atoms with van der Waals surface area (Å²) in [6.45, 7) is 0.200. The van der Waals surface area contributed by atoms with E-state index in [1.54, 1.807) is 7.05 Å². The molecule has 0 fully saturated rings. The second-order valence-corrected chi connectivity index (χ2v) is 3.90. The molecule has 0 aliphatic rings. The third kappa shape index (κ3) is 3.39. The summed E-state index contributed by atoms with van der Waals surface area (Å²) in [5.41, 5.74) is 0.403. The van der Waals surface area contributed by atoms with E-state index >= 15 is 0 Å². The lowest BCUT2D eigenvalue weighted by molar-refractivity contribution is -0.127. The minimum Gasteiger partial charge on any atom is -0.341 e. The van der Waals surface area contributed by atoms with Crippen LogP contribution in [0.3, 0.4) is 0 Å². The normalized spacial score (nSPS) is 10.1. The molecule has 0 unspecified atom stereocenters. The van der Waals surface area contributed by atoms with E-state index in [4.69, 9.17) is 11.6 Å². The third-order valence-corrected chi connectivity index (χ3v) is 2.48. The van der Waals surface area contributed by atoms with Crippen molar-refractivity contribution in [2.75, 3.05) is 12.8 Å². The van der Waals surface area contributed by atoms with Gasteiger partial charge in [-0.25, -0.2) is 4.39 Å². The molecule has 1 amide bonds. The fourth-order valence-corrected chi connectivity index (χ4v) is 1.57. The number of carbonyl (C=O) groups is 1. The SMILES string of the molecule is CN(Cc1cc(Cl)ccc1F)C(=O)CS. The molecule has 0 aliphatic carbocycles. The summed E-state index contributed by atoms with van der Waals surface area (Å²) in [5.74, 6) is -0.408. The molecule has 5 heteroatoms. The first-order chi connectivity index (χ1) is 7.04. The number of nitrogens with zero attached hydrogens (tertiary/aromatic N) is 1. The zero-order valence-electron chi connectivity index (χ0n) is 8.20. The Labute approximate surface area is 98.4 Å². The zero-order chi connectivity index (χ0) is 11.4. The quantitative estimate of drug-likeness (QED) is 0.814. The van der Waals surface area contributed by atoms with Gasteiger partial charge >= 0.3 is 0 Å². The smallest absolute Gasteiger partial charge is 0.232 e. The van der Waals surface area contributed by atoms with E-state index in [2.05, 4.69) is 12.6 Å². The Kier molecular flexibility index (Phi) is 4.42. The predicted molar refractivity (Wildman–Crippen MR) is 61.7 cm³/mol. The van der Waals surface area contributed by atoms with Crippen molar-refractivity contribution in [3.8, 4) is 0 Å². The summed E-state index contributed by atoms with van der Waals surface area (Å²) < 4.78 is 13.3. The van der Waals surface area contributed by atoms with Gasteiger partial charge in [0.1, 0.15) is 5.82 Å². The van der Waals surface area contributed by atoms with E-state index in [1.807, 2.05) is 0 Å². The van der Waals surface area contributed by atoms with Gasteiger partial charge in [0.05, 0.1) is 5.75 Å². The lowest BCUT2D eigenvalue weighted by Gasteiger charge is -2.16. The Morgan fingerprint density at radius 3 is 2.87 bits per heavy atom. The fraction of sp³-hybridized carbons (Fsp3) is 0.300. The van der Waals surface area contributed by atoms with Gasteiger partial charge in [0, 0.05) is 24.2 Å². The molecular formula is C10H11ClFNOS. The van der Waals surface area contributed by atoms with E-state index in [0.29, 0.717) is 10.6 Å². The van der Waals surface area contributed by atoms with Crippen molar-refractivity contribution in [3.63, 3.8) is 0 Å². The van der Waals surface area contributed by atoms with Crippen molar-refractivity contribution >= 4 is 30.1 Å². The molecule has 0 spiro atoms. The molecule has 0 radical (unpaired) electrons. The number of carbonyl (C=O) groups excluding carboxylic acids is 1. The van der Waals surface area contributed by atoms with Gasteiger partial charge in [0.25, 0.3) is 0 Å². The van der Waals surface area contributed by atoms with Crippen LogP contribution in [0, 0.1) is 5.82 Å². The average molecular weight is 248 g/mol. The summed E-state index contributed by atoms with van der Waals surface area (Å²) in [6, 6.07) is 4.27. The Morgan fingerprint density at radius 1 is 1.60 bits per heavy atom. The third-order valence-electron chi connectivity index (χ3n) is 1.98. The second kappa shape index (κ2) is 5.37. The molecule has 1 rings (SSSR count). The summed E-state index contributed by atoms with van der Waals surface area (Å²) >= 11 is 9.58. The molecular weight excluding hydrogens is 237 g/mol.